The van der Waals surface area contributed by atoms with Crippen LogP contribution in [-0.4, -0.2) is 6.54 Å². The molecule has 0 heterocycles. The van der Waals surface area contributed by atoms with E-state index in [9.17, 15) is 4.39 Å². The fraction of sp³-hybridized carbons (Fsp3) is 0.571. The molecule has 0 aromatic heterocycles. The van der Waals surface area contributed by atoms with Gasteiger partial charge in [-0.1, -0.05) is 12.8 Å². The molecule has 90 valence electrons. The first-order valence-electron chi connectivity index (χ1n) is 6.11. The lowest BCUT2D eigenvalue weighted by molar-refractivity contribution is 0.620. The third-order valence-corrected chi connectivity index (χ3v) is 3.04. The first-order valence-corrected chi connectivity index (χ1v) is 6.11. The van der Waals surface area contributed by atoms with E-state index in [4.69, 9.17) is 5.73 Å². The van der Waals surface area contributed by atoms with Crippen molar-refractivity contribution in [3.05, 3.63) is 34.6 Å². The minimum atomic E-state index is -0.123. The van der Waals surface area contributed by atoms with Crippen LogP contribution in [0.2, 0.25) is 0 Å². The fourth-order valence-electron chi connectivity index (χ4n) is 2.13. The first kappa shape index (κ1) is 13.2. The van der Waals surface area contributed by atoms with Gasteiger partial charge in [-0.15, -0.1) is 0 Å². The molecular formula is C14H22FN. The van der Waals surface area contributed by atoms with E-state index in [0.717, 1.165) is 30.5 Å². The summed E-state index contributed by atoms with van der Waals surface area (Å²) in [5.41, 5.74) is 8.92. The van der Waals surface area contributed by atoms with E-state index in [1.807, 2.05) is 13.8 Å². The summed E-state index contributed by atoms with van der Waals surface area (Å²) >= 11 is 0. The predicted octanol–water partition coefficient (Wildman–Crippen LogP) is 3.50. The third kappa shape index (κ3) is 3.93. The van der Waals surface area contributed by atoms with Gasteiger partial charge in [0.15, 0.2) is 0 Å². The zero-order valence-electron chi connectivity index (χ0n) is 10.4. The van der Waals surface area contributed by atoms with E-state index in [0.29, 0.717) is 0 Å². The molecule has 1 aromatic carbocycles. The van der Waals surface area contributed by atoms with Gasteiger partial charge in [-0.2, -0.15) is 0 Å². The predicted molar refractivity (Wildman–Crippen MR) is 67.1 cm³/mol. The molecule has 0 saturated heterocycles. The van der Waals surface area contributed by atoms with E-state index < -0.39 is 0 Å². The monoisotopic (exact) mass is 223 g/mol. The van der Waals surface area contributed by atoms with E-state index in [-0.39, 0.29) is 5.82 Å². The molecule has 0 radical (unpaired) electrons. The van der Waals surface area contributed by atoms with Crippen molar-refractivity contribution in [3.8, 4) is 0 Å². The van der Waals surface area contributed by atoms with Gasteiger partial charge < -0.3 is 5.73 Å². The summed E-state index contributed by atoms with van der Waals surface area (Å²) in [6, 6.07) is 3.25. The van der Waals surface area contributed by atoms with Crippen LogP contribution in [0.5, 0.6) is 0 Å². The lowest BCUT2D eigenvalue weighted by Crippen LogP contribution is -1.99. The number of aryl methyl sites for hydroxylation is 2. The summed E-state index contributed by atoms with van der Waals surface area (Å²) in [5, 5.41) is 0. The van der Waals surface area contributed by atoms with Crippen LogP contribution in [0.4, 0.5) is 4.39 Å². The van der Waals surface area contributed by atoms with Gasteiger partial charge in [-0.25, -0.2) is 4.39 Å². The number of rotatable bonds is 6. The molecule has 0 aliphatic carbocycles. The summed E-state index contributed by atoms with van der Waals surface area (Å²) < 4.78 is 13.1. The highest BCUT2D eigenvalue weighted by molar-refractivity contribution is 5.34. The Morgan fingerprint density at radius 2 is 1.56 bits per heavy atom. The minimum absolute atomic E-state index is 0.123. The van der Waals surface area contributed by atoms with Crippen molar-refractivity contribution in [1.29, 1.82) is 0 Å². The number of unbranched alkanes of at least 4 members (excludes halogenated alkanes) is 3. The quantitative estimate of drug-likeness (QED) is 0.734. The molecule has 0 atom stereocenters. The lowest BCUT2D eigenvalue weighted by atomic mass is 9.97. The Kier molecular flexibility index (Phi) is 5.47. The molecule has 0 amide bonds. The highest BCUT2D eigenvalue weighted by atomic mass is 19.1. The van der Waals surface area contributed by atoms with Crippen LogP contribution < -0.4 is 5.73 Å². The maximum absolute atomic E-state index is 13.1. The Morgan fingerprint density at radius 1 is 1.00 bits per heavy atom. The SMILES string of the molecule is Cc1cc(F)cc(C)c1CCCCCCN. The minimum Gasteiger partial charge on any atom is -0.330 e. The highest BCUT2D eigenvalue weighted by Gasteiger charge is 2.04. The molecule has 0 spiro atoms. The second-order valence-corrected chi connectivity index (χ2v) is 4.47. The highest BCUT2D eigenvalue weighted by Crippen LogP contribution is 2.18. The average Bonchev–Trinajstić information content (AvgIpc) is 2.20. The van der Waals surface area contributed by atoms with E-state index >= 15 is 0 Å². The Morgan fingerprint density at radius 3 is 2.12 bits per heavy atom. The molecule has 0 aliphatic rings. The number of hydrogen-bond acceptors (Lipinski definition) is 1. The summed E-state index contributed by atoms with van der Waals surface area (Å²) in [7, 11) is 0. The van der Waals surface area contributed by atoms with Crippen LogP contribution in [0, 0.1) is 19.7 Å². The molecule has 2 N–H and O–H groups in total. The van der Waals surface area contributed by atoms with Crippen molar-refractivity contribution in [2.75, 3.05) is 6.54 Å². The van der Waals surface area contributed by atoms with Gasteiger partial charge in [0, 0.05) is 0 Å². The molecule has 2 heteroatoms. The van der Waals surface area contributed by atoms with Gasteiger partial charge in [-0.3, -0.25) is 0 Å². The van der Waals surface area contributed by atoms with Crippen LogP contribution in [-0.2, 0) is 6.42 Å². The normalized spacial score (nSPS) is 10.8. The van der Waals surface area contributed by atoms with Gasteiger partial charge in [0.2, 0.25) is 0 Å². The Bertz CT molecular complexity index is 311. The van der Waals surface area contributed by atoms with Crippen LogP contribution in [0.1, 0.15) is 42.4 Å². The number of benzene rings is 1. The molecule has 0 saturated carbocycles. The van der Waals surface area contributed by atoms with Gasteiger partial charge in [0.05, 0.1) is 0 Å². The van der Waals surface area contributed by atoms with Crippen molar-refractivity contribution in [2.45, 2.75) is 46.0 Å². The largest absolute Gasteiger partial charge is 0.330 e. The second kappa shape index (κ2) is 6.64. The van der Waals surface area contributed by atoms with E-state index in [1.165, 1.54) is 24.8 Å². The summed E-state index contributed by atoms with van der Waals surface area (Å²) in [4.78, 5) is 0. The number of hydrogen-bond donors (Lipinski definition) is 1. The van der Waals surface area contributed by atoms with Gasteiger partial charge in [-0.05, 0) is 68.5 Å². The molecule has 0 aliphatic heterocycles. The molecule has 16 heavy (non-hydrogen) atoms. The maximum atomic E-state index is 13.1. The summed E-state index contributed by atoms with van der Waals surface area (Å²) in [6.45, 7) is 4.77. The van der Waals surface area contributed by atoms with Gasteiger partial charge in [0.25, 0.3) is 0 Å². The van der Waals surface area contributed by atoms with Gasteiger partial charge in [0.1, 0.15) is 5.82 Å². The van der Waals surface area contributed by atoms with E-state index in [1.54, 1.807) is 12.1 Å². The topological polar surface area (TPSA) is 26.0 Å². The van der Waals surface area contributed by atoms with Crippen LogP contribution in [0.3, 0.4) is 0 Å². The van der Waals surface area contributed by atoms with Gasteiger partial charge >= 0.3 is 0 Å². The molecule has 1 aromatic rings. The van der Waals surface area contributed by atoms with Crippen LogP contribution >= 0.6 is 0 Å². The fourth-order valence-corrected chi connectivity index (χ4v) is 2.13. The van der Waals surface area contributed by atoms with Crippen molar-refractivity contribution in [1.82, 2.24) is 0 Å². The van der Waals surface area contributed by atoms with Crippen LogP contribution in [0.15, 0.2) is 12.1 Å². The molecule has 0 unspecified atom stereocenters. The third-order valence-electron chi connectivity index (χ3n) is 3.04. The molecular weight excluding hydrogens is 201 g/mol. The lowest BCUT2D eigenvalue weighted by Gasteiger charge is -2.09. The van der Waals surface area contributed by atoms with Crippen molar-refractivity contribution < 1.29 is 4.39 Å². The molecule has 0 fully saturated rings. The molecule has 1 rings (SSSR count). The average molecular weight is 223 g/mol. The zero-order valence-corrected chi connectivity index (χ0v) is 10.4. The second-order valence-electron chi connectivity index (χ2n) is 4.47. The first-order chi connectivity index (χ1) is 7.65. The van der Waals surface area contributed by atoms with Crippen LogP contribution in [0.25, 0.3) is 0 Å². The number of nitrogens with two attached hydrogens (primary N) is 1. The summed E-state index contributed by atoms with van der Waals surface area (Å²) in [5.74, 6) is -0.123. The molecule has 0 bridgehead atoms. The molecule has 1 nitrogen and oxygen atoms in total. The van der Waals surface area contributed by atoms with Crippen molar-refractivity contribution >= 4 is 0 Å². The summed E-state index contributed by atoms with van der Waals surface area (Å²) in [6.07, 6.45) is 5.76. The Balaban J connectivity index is 2.47. The van der Waals surface area contributed by atoms with Crippen molar-refractivity contribution in [3.63, 3.8) is 0 Å². The van der Waals surface area contributed by atoms with Crippen molar-refractivity contribution in [2.24, 2.45) is 5.73 Å². The Hall–Kier alpha value is -0.890. The maximum Gasteiger partial charge on any atom is 0.123 e. The zero-order chi connectivity index (χ0) is 12.0. The van der Waals surface area contributed by atoms with E-state index in [2.05, 4.69) is 0 Å². The standard InChI is InChI=1S/C14H22FN/c1-11-9-13(15)10-12(2)14(11)7-5-3-4-6-8-16/h9-10H,3-8,16H2,1-2H3. The Labute approximate surface area is 97.9 Å². The number of halogens is 1. The smallest absolute Gasteiger partial charge is 0.123 e.